The SMILES string of the molecule is CCCOCCC(=O)N[C@@H](Cc1ccc(OCCOCCC(=O)NCCOCCC(=O)CCCOCCC(=O)NCCOCCC(=O)OC(C)(C)C)cc1)C(=O)O. The lowest BCUT2D eigenvalue weighted by Gasteiger charge is -2.19. The zero-order chi connectivity index (χ0) is 42.2. The quantitative estimate of drug-likeness (QED) is 0.0572. The number of hydrogen-bond acceptors (Lipinski definition) is 13. The maximum Gasteiger partial charge on any atom is 0.326 e. The van der Waals surface area contributed by atoms with Crippen LogP contribution in [-0.2, 0) is 63.6 Å². The third-order valence-electron chi connectivity index (χ3n) is 7.54. The third-order valence-corrected chi connectivity index (χ3v) is 7.54. The lowest BCUT2D eigenvalue weighted by molar-refractivity contribution is -0.156. The average molecular weight is 812 g/mol. The monoisotopic (exact) mass is 811 g/mol. The number of nitrogens with one attached hydrogen (secondary N) is 3. The Morgan fingerprint density at radius 3 is 1.72 bits per heavy atom. The van der Waals surface area contributed by atoms with Gasteiger partial charge in [0, 0.05) is 64.8 Å². The van der Waals surface area contributed by atoms with Gasteiger partial charge in [-0.15, -0.1) is 0 Å². The molecule has 0 spiro atoms. The van der Waals surface area contributed by atoms with Crippen molar-refractivity contribution in [1.82, 2.24) is 16.0 Å². The molecule has 0 aliphatic heterocycles. The second-order valence-corrected chi connectivity index (χ2v) is 13.9. The van der Waals surface area contributed by atoms with E-state index in [-0.39, 0.29) is 127 Å². The predicted octanol–water partition coefficient (Wildman–Crippen LogP) is 2.54. The van der Waals surface area contributed by atoms with E-state index >= 15 is 0 Å². The Balaban J connectivity index is 1.97. The van der Waals surface area contributed by atoms with E-state index in [1.54, 1.807) is 45.0 Å². The second-order valence-electron chi connectivity index (χ2n) is 13.9. The lowest BCUT2D eigenvalue weighted by Crippen LogP contribution is -2.42. The molecule has 1 rings (SSSR count). The van der Waals surface area contributed by atoms with Gasteiger partial charge < -0.3 is 54.2 Å². The van der Waals surface area contributed by atoms with Crippen LogP contribution >= 0.6 is 0 Å². The number of carboxylic acids is 1. The summed E-state index contributed by atoms with van der Waals surface area (Å²) >= 11 is 0. The van der Waals surface area contributed by atoms with Crippen LogP contribution in [-0.4, -0.2) is 138 Å². The summed E-state index contributed by atoms with van der Waals surface area (Å²) in [4.78, 5) is 71.3. The molecule has 0 saturated carbocycles. The number of amides is 3. The fraction of sp³-hybridized carbons (Fsp3) is 0.700. The first kappa shape index (κ1) is 50.9. The molecule has 0 unspecified atom stereocenters. The van der Waals surface area contributed by atoms with Crippen molar-refractivity contribution in [3.05, 3.63) is 29.8 Å². The number of ether oxygens (including phenoxy) is 7. The van der Waals surface area contributed by atoms with Crippen molar-refractivity contribution in [2.75, 3.05) is 85.8 Å². The fourth-order valence-corrected chi connectivity index (χ4v) is 4.72. The van der Waals surface area contributed by atoms with E-state index in [0.29, 0.717) is 44.9 Å². The van der Waals surface area contributed by atoms with Gasteiger partial charge in [0.1, 0.15) is 29.8 Å². The first-order valence-corrected chi connectivity index (χ1v) is 19.7. The number of aliphatic carboxylic acids is 1. The molecular weight excluding hydrogens is 746 g/mol. The number of carbonyl (C=O) groups is 6. The smallest absolute Gasteiger partial charge is 0.326 e. The highest BCUT2D eigenvalue weighted by Crippen LogP contribution is 2.14. The molecule has 0 saturated heterocycles. The Morgan fingerprint density at radius 1 is 0.614 bits per heavy atom. The minimum absolute atomic E-state index is 0.0426. The molecule has 4 N–H and O–H groups in total. The zero-order valence-electron chi connectivity index (χ0n) is 34.2. The standard InChI is InChI=1S/C40H65N3O14/c1-5-19-51-24-15-37(47)43-34(39(49)50)30-31-8-10-33(11-9-31)56-29-28-55-23-14-36(46)41-17-26-53-21-12-32(44)7-6-20-52-22-13-35(45)42-18-27-54-25-16-38(48)57-40(2,3)4/h8-11,34H,5-7,12-30H2,1-4H3,(H,41,46)(H,42,45)(H,43,47)(H,49,50)/t34-/m0/s1. The van der Waals surface area contributed by atoms with Crippen LogP contribution in [0, 0.1) is 0 Å². The molecule has 0 aromatic heterocycles. The molecule has 0 aliphatic carbocycles. The van der Waals surface area contributed by atoms with Crippen LogP contribution in [0.3, 0.4) is 0 Å². The number of carboxylic acid groups (broad SMARTS) is 1. The van der Waals surface area contributed by atoms with Crippen LogP contribution < -0.4 is 20.7 Å². The van der Waals surface area contributed by atoms with Gasteiger partial charge in [-0.1, -0.05) is 19.1 Å². The Hall–Kier alpha value is -4.16. The van der Waals surface area contributed by atoms with E-state index in [1.807, 2.05) is 6.92 Å². The van der Waals surface area contributed by atoms with Crippen molar-refractivity contribution < 1.29 is 67.0 Å². The van der Waals surface area contributed by atoms with Gasteiger partial charge >= 0.3 is 11.9 Å². The summed E-state index contributed by atoms with van der Waals surface area (Å²) in [7, 11) is 0. The summed E-state index contributed by atoms with van der Waals surface area (Å²) in [6.45, 7) is 11.2. The van der Waals surface area contributed by atoms with Crippen molar-refractivity contribution in [3.63, 3.8) is 0 Å². The predicted molar refractivity (Wildman–Crippen MR) is 209 cm³/mol. The summed E-state index contributed by atoms with van der Waals surface area (Å²) < 4.78 is 37.8. The molecule has 1 aromatic carbocycles. The molecule has 1 atom stereocenters. The largest absolute Gasteiger partial charge is 0.491 e. The van der Waals surface area contributed by atoms with Crippen molar-refractivity contribution >= 4 is 35.4 Å². The van der Waals surface area contributed by atoms with E-state index < -0.39 is 17.6 Å². The van der Waals surface area contributed by atoms with E-state index in [9.17, 15) is 33.9 Å². The Morgan fingerprint density at radius 2 is 1.14 bits per heavy atom. The van der Waals surface area contributed by atoms with Crippen LogP contribution in [0.1, 0.15) is 84.6 Å². The van der Waals surface area contributed by atoms with Crippen LogP contribution in [0.2, 0.25) is 0 Å². The number of hydrogen-bond donors (Lipinski definition) is 4. The van der Waals surface area contributed by atoms with Crippen molar-refractivity contribution in [1.29, 1.82) is 0 Å². The molecule has 0 aliphatic rings. The molecular formula is C40H65N3O14. The number of benzene rings is 1. The van der Waals surface area contributed by atoms with E-state index in [1.165, 1.54) is 0 Å². The Labute approximate surface area is 336 Å². The molecule has 0 heterocycles. The van der Waals surface area contributed by atoms with Gasteiger partial charge in [0.15, 0.2) is 0 Å². The molecule has 1 aromatic rings. The van der Waals surface area contributed by atoms with Crippen molar-refractivity contribution in [3.8, 4) is 5.75 Å². The normalized spacial score (nSPS) is 11.7. The second kappa shape index (κ2) is 31.9. The summed E-state index contributed by atoms with van der Waals surface area (Å²) in [5, 5.41) is 17.5. The Bertz CT molecular complexity index is 1300. The Kier molecular flexibility index (Phi) is 28.4. The summed E-state index contributed by atoms with van der Waals surface area (Å²) in [6.07, 6.45) is 2.72. The third kappa shape index (κ3) is 30.6. The van der Waals surface area contributed by atoms with Crippen LogP contribution in [0.4, 0.5) is 0 Å². The van der Waals surface area contributed by atoms with Gasteiger partial charge in [0.25, 0.3) is 0 Å². The molecule has 0 fully saturated rings. The molecule has 3 amide bonds. The molecule has 17 heteroatoms. The van der Waals surface area contributed by atoms with Crippen molar-refractivity contribution in [2.24, 2.45) is 0 Å². The molecule has 57 heavy (non-hydrogen) atoms. The van der Waals surface area contributed by atoms with Gasteiger partial charge in [-0.25, -0.2) is 4.79 Å². The molecule has 324 valence electrons. The van der Waals surface area contributed by atoms with Gasteiger partial charge in [0.05, 0.1) is 59.3 Å². The minimum Gasteiger partial charge on any atom is -0.491 e. The summed E-state index contributed by atoms with van der Waals surface area (Å²) in [6, 6.07) is 5.84. The van der Waals surface area contributed by atoms with Crippen LogP contribution in [0.5, 0.6) is 5.75 Å². The van der Waals surface area contributed by atoms with Gasteiger partial charge in [-0.3, -0.25) is 24.0 Å². The zero-order valence-corrected chi connectivity index (χ0v) is 34.2. The minimum atomic E-state index is -1.12. The maximum atomic E-state index is 12.1. The maximum absolute atomic E-state index is 12.1. The summed E-state index contributed by atoms with van der Waals surface area (Å²) in [5.41, 5.74) is 0.195. The van der Waals surface area contributed by atoms with Gasteiger partial charge in [0.2, 0.25) is 17.7 Å². The van der Waals surface area contributed by atoms with Crippen LogP contribution in [0.25, 0.3) is 0 Å². The fourth-order valence-electron chi connectivity index (χ4n) is 4.72. The number of ketones is 1. The highest BCUT2D eigenvalue weighted by Gasteiger charge is 2.20. The number of rotatable bonds is 35. The highest BCUT2D eigenvalue weighted by atomic mass is 16.6. The average Bonchev–Trinajstić information content (AvgIpc) is 3.15. The topological polar surface area (TPSA) is 223 Å². The van der Waals surface area contributed by atoms with Gasteiger partial charge in [-0.2, -0.15) is 0 Å². The van der Waals surface area contributed by atoms with E-state index in [4.69, 9.17) is 33.2 Å². The summed E-state index contributed by atoms with van der Waals surface area (Å²) in [5.74, 6) is -1.58. The molecule has 17 nitrogen and oxygen atoms in total. The van der Waals surface area contributed by atoms with E-state index in [2.05, 4.69) is 16.0 Å². The first-order chi connectivity index (χ1) is 27.3. The number of Topliss-reactive ketones (excluding diaryl/α,β-unsaturated/α-hetero) is 1. The van der Waals surface area contributed by atoms with Gasteiger partial charge in [-0.05, 0) is 51.3 Å². The highest BCUT2D eigenvalue weighted by molar-refractivity contribution is 5.83. The van der Waals surface area contributed by atoms with Crippen LogP contribution in [0.15, 0.2) is 24.3 Å². The first-order valence-electron chi connectivity index (χ1n) is 19.7. The molecule has 0 bridgehead atoms. The molecule has 0 radical (unpaired) electrons. The van der Waals surface area contributed by atoms with Crippen molar-refractivity contribution in [2.45, 2.75) is 97.1 Å². The number of esters is 1. The number of carbonyl (C=O) groups excluding carboxylic acids is 5. The lowest BCUT2D eigenvalue weighted by atomic mass is 10.1. The van der Waals surface area contributed by atoms with E-state index in [0.717, 1.165) is 12.0 Å².